The molecule has 16 heavy (non-hydrogen) atoms. The molecule has 0 aromatic rings. The highest BCUT2D eigenvalue weighted by molar-refractivity contribution is 4.80. The van der Waals surface area contributed by atoms with Crippen LogP contribution in [0.3, 0.4) is 0 Å². The van der Waals surface area contributed by atoms with Crippen LogP contribution in [0.1, 0.15) is 19.3 Å². The van der Waals surface area contributed by atoms with Crippen molar-refractivity contribution in [3.05, 3.63) is 0 Å². The van der Waals surface area contributed by atoms with E-state index >= 15 is 0 Å². The van der Waals surface area contributed by atoms with Crippen LogP contribution < -0.4 is 5.73 Å². The summed E-state index contributed by atoms with van der Waals surface area (Å²) in [7, 11) is 0. The molecule has 0 aliphatic carbocycles. The molecule has 6 heteroatoms. The van der Waals surface area contributed by atoms with Crippen LogP contribution in [0.4, 0.5) is 13.2 Å². The van der Waals surface area contributed by atoms with Gasteiger partial charge in [-0.15, -0.1) is 0 Å². The van der Waals surface area contributed by atoms with Crippen molar-refractivity contribution >= 4 is 0 Å². The van der Waals surface area contributed by atoms with Gasteiger partial charge < -0.3 is 15.7 Å². The Morgan fingerprint density at radius 3 is 2.69 bits per heavy atom. The Labute approximate surface area is 93.4 Å². The Bertz CT molecular complexity index is 211. The molecular weight excluding hydrogens is 221 g/mol. The molecule has 0 saturated carbocycles. The smallest absolute Gasteiger partial charge is 0.393 e. The quantitative estimate of drug-likeness (QED) is 0.770. The maximum absolute atomic E-state index is 12.5. The molecule has 3 nitrogen and oxygen atoms in total. The van der Waals surface area contributed by atoms with E-state index in [1.165, 1.54) is 0 Å². The number of hydrogen-bond donors (Lipinski definition) is 2. The van der Waals surface area contributed by atoms with Crippen molar-refractivity contribution < 1.29 is 18.3 Å². The van der Waals surface area contributed by atoms with Gasteiger partial charge in [0, 0.05) is 25.7 Å². The molecule has 1 saturated heterocycles. The normalized spacial score (nSPS) is 25.7. The number of piperidine rings is 1. The van der Waals surface area contributed by atoms with E-state index in [-0.39, 0.29) is 25.6 Å². The SMILES string of the molecule is NC(CCO)CN1CCCC(C(F)(F)F)C1. The Kier molecular flexibility index (Phi) is 5.01. The summed E-state index contributed by atoms with van der Waals surface area (Å²) in [5.41, 5.74) is 5.69. The number of halogens is 3. The van der Waals surface area contributed by atoms with Crippen molar-refractivity contribution in [1.29, 1.82) is 0 Å². The first-order valence-corrected chi connectivity index (χ1v) is 5.59. The predicted octanol–water partition coefficient (Wildman–Crippen LogP) is 0.970. The van der Waals surface area contributed by atoms with E-state index in [9.17, 15) is 13.2 Å². The van der Waals surface area contributed by atoms with Crippen LogP contribution in [-0.4, -0.2) is 48.5 Å². The van der Waals surface area contributed by atoms with Crippen LogP contribution in [0.15, 0.2) is 0 Å². The molecule has 3 N–H and O–H groups in total. The van der Waals surface area contributed by atoms with Crippen LogP contribution in [0.2, 0.25) is 0 Å². The zero-order chi connectivity index (χ0) is 12.2. The van der Waals surface area contributed by atoms with Gasteiger partial charge in [0.2, 0.25) is 0 Å². The van der Waals surface area contributed by atoms with E-state index in [1.807, 2.05) is 0 Å². The summed E-state index contributed by atoms with van der Waals surface area (Å²) in [6.07, 6.45) is -2.88. The Morgan fingerprint density at radius 2 is 2.12 bits per heavy atom. The highest BCUT2D eigenvalue weighted by Gasteiger charge is 2.41. The number of aliphatic hydroxyl groups excluding tert-OH is 1. The van der Waals surface area contributed by atoms with Crippen molar-refractivity contribution in [2.24, 2.45) is 11.7 Å². The minimum atomic E-state index is -4.10. The van der Waals surface area contributed by atoms with Gasteiger partial charge in [-0.2, -0.15) is 13.2 Å². The summed E-state index contributed by atoms with van der Waals surface area (Å²) in [5.74, 6) is -1.22. The number of rotatable bonds is 4. The second-order valence-corrected chi connectivity index (χ2v) is 4.41. The third-order valence-corrected chi connectivity index (χ3v) is 2.96. The fourth-order valence-electron chi connectivity index (χ4n) is 2.08. The van der Waals surface area contributed by atoms with Crippen LogP contribution in [-0.2, 0) is 0 Å². The monoisotopic (exact) mass is 240 g/mol. The first-order valence-electron chi connectivity index (χ1n) is 5.59. The maximum Gasteiger partial charge on any atom is 0.393 e. The summed E-state index contributed by atoms with van der Waals surface area (Å²) < 4.78 is 37.5. The van der Waals surface area contributed by atoms with Gasteiger partial charge in [0.15, 0.2) is 0 Å². The fourth-order valence-corrected chi connectivity index (χ4v) is 2.08. The minimum absolute atomic E-state index is 0.0162. The van der Waals surface area contributed by atoms with E-state index in [2.05, 4.69) is 0 Å². The molecule has 1 aliphatic heterocycles. The molecule has 96 valence electrons. The summed E-state index contributed by atoms with van der Waals surface area (Å²) in [5, 5.41) is 8.67. The molecule has 0 aromatic heterocycles. The zero-order valence-corrected chi connectivity index (χ0v) is 9.21. The largest absolute Gasteiger partial charge is 0.396 e. The summed E-state index contributed by atoms with van der Waals surface area (Å²) in [6, 6.07) is -0.239. The van der Waals surface area contributed by atoms with Gasteiger partial charge in [0.1, 0.15) is 0 Å². The molecule has 1 rings (SSSR count). The van der Waals surface area contributed by atoms with Crippen LogP contribution in [0, 0.1) is 5.92 Å². The topological polar surface area (TPSA) is 49.5 Å². The van der Waals surface area contributed by atoms with E-state index < -0.39 is 12.1 Å². The van der Waals surface area contributed by atoms with Gasteiger partial charge in [-0.1, -0.05) is 0 Å². The number of nitrogens with two attached hydrogens (primary N) is 1. The molecule has 0 spiro atoms. The molecule has 0 radical (unpaired) electrons. The van der Waals surface area contributed by atoms with Gasteiger partial charge >= 0.3 is 6.18 Å². The lowest BCUT2D eigenvalue weighted by Crippen LogP contribution is -2.46. The maximum atomic E-state index is 12.5. The average Bonchev–Trinajstić information content (AvgIpc) is 2.17. The first-order chi connectivity index (χ1) is 7.43. The Morgan fingerprint density at radius 1 is 1.44 bits per heavy atom. The van der Waals surface area contributed by atoms with Gasteiger partial charge in [-0.05, 0) is 25.8 Å². The number of hydrogen-bond acceptors (Lipinski definition) is 3. The lowest BCUT2D eigenvalue weighted by molar-refractivity contribution is -0.186. The molecule has 2 unspecified atom stereocenters. The van der Waals surface area contributed by atoms with E-state index in [1.54, 1.807) is 4.90 Å². The highest BCUT2D eigenvalue weighted by Crippen LogP contribution is 2.32. The fraction of sp³-hybridized carbons (Fsp3) is 1.00. The molecule has 0 bridgehead atoms. The second kappa shape index (κ2) is 5.84. The van der Waals surface area contributed by atoms with Crippen LogP contribution in [0.25, 0.3) is 0 Å². The average molecular weight is 240 g/mol. The highest BCUT2D eigenvalue weighted by atomic mass is 19.4. The lowest BCUT2D eigenvalue weighted by Gasteiger charge is -2.34. The Hall–Kier alpha value is -0.330. The molecule has 0 amide bonds. The third-order valence-electron chi connectivity index (χ3n) is 2.96. The molecule has 1 heterocycles. The van der Waals surface area contributed by atoms with Gasteiger partial charge in [-0.25, -0.2) is 0 Å². The third kappa shape index (κ3) is 4.27. The van der Waals surface area contributed by atoms with Gasteiger partial charge in [0.25, 0.3) is 0 Å². The van der Waals surface area contributed by atoms with Gasteiger partial charge in [-0.3, -0.25) is 0 Å². The van der Waals surface area contributed by atoms with Crippen molar-refractivity contribution in [3.8, 4) is 0 Å². The second-order valence-electron chi connectivity index (χ2n) is 4.41. The van der Waals surface area contributed by atoms with E-state index in [4.69, 9.17) is 10.8 Å². The van der Waals surface area contributed by atoms with Crippen molar-refractivity contribution in [3.63, 3.8) is 0 Å². The first kappa shape index (κ1) is 13.7. The minimum Gasteiger partial charge on any atom is -0.396 e. The van der Waals surface area contributed by atoms with E-state index in [0.29, 0.717) is 25.9 Å². The van der Waals surface area contributed by atoms with Gasteiger partial charge in [0.05, 0.1) is 5.92 Å². The zero-order valence-electron chi connectivity index (χ0n) is 9.21. The standard InChI is InChI=1S/C10H19F3N2O/c11-10(12,13)8-2-1-4-15(6-8)7-9(14)3-5-16/h8-9,16H,1-7,14H2. The van der Waals surface area contributed by atoms with Crippen molar-refractivity contribution in [2.45, 2.75) is 31.5 Å². The van der Waals surface area contributed by atoms with Crippen molar-refractivity contribution in [2.75, 3.05) is 26.2 Å². The number of nitrogens with zero attached hydrogens (tertiary/aromatic N) is 1. The molecule has 1 aliphatic rings. The molecule has 2 atom stereocenters. The van der Waals surface area contributed by atoms with Crippen LogP contribution >= 0.6 is 0 Å². The van der Waals surface area contributed by atoms with Crippen molar-refractivity contribution in [1.82, 2.24) is 4.90 Å². The molecule has 1 fully saturated rings. The molecule has 0 aromatic carbocycles. The Balaban J connectivity index is 2.39. The predicted molar refractivity (Wildman–Crippen MR) is 54.9 cm³/mol. The van der Waals surface area contributed by atoms with Crippen LogP contribution in [0.5, 0.6) is 0 Å². The number of alkyl halides is 3. The van der Waals surface area contributed by atoms with E-state index in [0.717, 1.165) is 0 Å². The lowest BCUT2D eigenvalue weighted by atomic mass is 9.97. The summed E-state index contributed by atoms with van der Waals surface area (Å²) in [6.45, 7) is 1.14. The number of likely N-dealkylation sites (tertiary alicyclic amines) is 1. The molecular formula is C10H19F3N2O. The summed E-state index contributed by atoms with van der Waals surface area (Å²) in [4.78, 5) is 1.75. The summed E-state index contributed by atoms with van der Waals surface area (Å²) >= 11 is 0. The number of aliphatic hydroxyl groups is 1.